The maximum atomic E-state index is 13.6. The number of H-pyrrole nitrogens is 2. The molecule has 1 unspecified atom stereocenters. The number of aromatic nitrogens is 4. The minimum absolute atomic E-state index is 0.0174. The first kappa shape index (κ1) is 36.9. The van der Waals surface area contributed by atoms with Crippen LogP contribution in [0.5, 0.6) is 5.75 Å². The van der Waals surface area contributed by atoms with Crippen LogP contribution in [0.25, 0.3) is 44.2 Å². The summed E-state index contributed by atoms with van der Waals surface area (Å²) in [6.07, 6.45) is 5.06. The van der Waals surface area contributed by atoms with Crippen molar-refractivity contribution in [3.05, 3.63) is 65.9 Å². The average molecular weight is 745 g/mol. The van der Waals surface area contributed by atoms with Crippen molar-refractivity contribution < 1.29 is 19.1 Å². The van der Waals surface area contributed by atoms with E-state index in [1.165, 1.54) is 0 Å². The summed E-state index contributed by atoms with van der Waals surface area (Å²) < 4.78 is 11.9. The lowest BCUT2D eigenvalue weighted by Gasteiger charge is -2.31. The van der Waals surface area contributed by atoms with Crippen LogP contribution in [0.1, 0.15) is 89.6 Å². The van der Waals surface area contributed by atoms with Gasteiger partial charge in [0, 0.05) is 42.5 Å². The van der Waals surface area contributed by atoms with Crippen molar-refractivity contribution in [3.8, 4) is 28.1 Å². The highest BCUT2D eigenvalue weighted by molar-refractivity contribution is 6.38. The Morgan fingerprint density at radius 2 is 1.87 bits per heavy atom. The number of nitrogens with two attached hydrogens (primary N) is 1. The monoisotopic (exact) mass is 744 g/mol. The van der Waals surface area contributed by atoms with Gasteiger partial charge in [-0.05, 0) is 84.9 Å². The molecule has 0 spiro atoms. The normalized spacial score (nSPS) is 21.9. The van der Waals surface area contributed by atoms with Crippen LogP contribution in [0.3, 0.4) is 0 Å². The third-order valence-electron chi connectivity index (χ3n) is 12.2. The van der Waals surface area contributed by atoms with Gasteiger partial charge in [-0.15, -0.1) is 0 Å². The maximum Gasteiger partial charge on any atom is 0.268 e. The van der Waals surface area contributed by atoms with Gasteiger partial charge in [-0.2, -0.15) is 0 Å². The Balaban J connectivity index is 1.07. The zero-order chi connectivity index (χ0) is 38.7. The largest absolute Gasteiger partial charge is 0.488 e. The highest BCUT2D eigenvalue weighted by atomic mass is 16.5. The molecule has 5 N–H and O–H groups in total. The van der Waals surface area contributed by atoms with Crippen LogP contribution in [0.2, 0.25) is 0 Å². The minimum atomic E-state index is -0.536. The smallest absolute Gasteiger partial charge is 0.268 e. The summed E-state index contributed by atoms with van der Waals surface area (Å²) in [5.41, 5.74) is 13.3. The van der Waals surface area contributed by atoms with Crippen molar-refractivity contribution in [1.29, 1.82) is 5.41 Å². The van der Waals surface area contributed by atoms with E-state index in [4.69, 9.17) is 30.6 Å². The molecule has 0 radical (unpaired) electrons. The zero-order valence-electron chi connectivity index (χ0n) is 32.6. The molecule has 2 fully saturated rings. The van der Waals surface area contributed by atoms with Crippen molar-refractivity contribution in [2.75, 3.05) is 20.3 Å². The molecular formula is C43H52N8O4. The summed E-state index contributed by atoms with van der Waals surface area (Å²) in [6.45, 7) is 11.5. The van der Waals surface area contributed by atoms with Gasteiger partial charge in [-0.1, -0.05) is 45.9 Å². The second-order valence-electron chi connectivity index (χ2n) is 16.2. The summed E-state index contributed by atoms with van der Waals surface area (Å²) in [4.78, 5) is 47.6. The van der Waals surface area contributed by atoms with Gasteiger partial charge in [0.15, 0.2) is 0 Å². The maximum absolute atomic E-state index is 13.6. The Kier molecular flexibility index (Phi) is 9.75. The molecule has 0 bridgehead atoms. The van der Waals surface area contributed by atoms with E-state index >= 15 is 0 Å². The lowest BCUT2D eigenvalue weighted by molar-refractivity contribution is -0.136. The number of aromatic amines is 2. The van der Waals surface area contributed by atoms with Crippen LogP contribution < -0.4 is 10.5 Å². The molecule has 12 heteroatoms. The molecule has 3 aromatic carbocycles. The number of nitrogens with zero attached hydrogens (tertiary/aromatic N) is 4. The van der Waals surface area contributed by atoms with Crippen molar-refractivity contribution in [2.24, 2.45) is 23.5 Å². The van der Waals surface area contributed by atoms with Gasteiger partial charge in [0.05, 0.1) is 53.4 Å². The fourth-order valence-corrected chi connectivity index (χ4v) is 8.70. The van der Waals surface area contributed by atoms with E-state index in [0.29, 0.717) is 26.2 Å². The van der Waals surface area contributed by atoms with Crippen LogP contribution in [0.15, 0.2) is 48.7 Å². The van der Waals surface area contributed by atoms with Crippen LogP contribution in [0.4, 0.5) is 0 Å². The number of carbonyl (C=O) groups is 2. The van der Waals surface area contributed by atoms with Crippen molar-refractivity contribution in [3.63, 3.8) is 0 Å². The fourth-order valence-electron chi connectivity index (χ4n) is 8.70. The number of hydrogen-bond acceptors (Lipinski definition) is 8. The van der Waals surface area contributed by atoms with Crippen LogP contribution in [0, 0.1) is 23.2 Å². The third-order valence-corrected chi connectivity index (χ3v) is 12.2. The standard InChI is InChI=1S/C43H52N8O4/c1-7-23(4)38(45)42(52)50-19-25(20-54-6)14-35(50)41-47-32-12-10-26-16-31-29-11-9-27(15-28(29)21-55-36(31)17-30(26)39(32)49-41)33-18-46-40(48-33)34-13-8-24(5)51(34)43(53)37(44)22(2)3/h9-12,15-18,22-25,34-35,37,45H,7-8,13-14,19-21,44H2,1-6H3,(H,46,48)(H,47,49)/t23-,24-,25?,34-,35-,37-/m0/s1. The van der Waals surface area contributed by atoms with Crippen LogP contribution in [-0.4, -0.2) is 79.6 Å². The Labute approximate surface area is 321 Å². The predicted molar refractivity (Wildman–Crippen MR) is 214 cm³/mol. The van der Waals surface area contributed by atoms with E-state index < -0.39 is 6.04 Å². The first-order valence-corrected chi connectivity index (χ1v) is 19.7. The molecule has 12 nitrogen and oxygen atoms in total. The Morgan fingerprint density at radius 1 is 1.05 bits per heavy atom. The molecule has 3 aliphatic rings. The summed E-state index contributed by atoms with van der Waals surface area (Å²) in [5.74, 6) is 2.18. The quantitative estimate of drug-likeness (QED) is 0.109. The zero-order valence-corrected chi connectivity index (χ0v) is 32.6. The Hall–Kier alpha value is -5.07. The molecule has 5 heterocycles. The first-order valence-electron chi connectivity index (χ1n) is 19.7. The number of methoxy groups -OCH3 is 1. The van der Waals surface area contributed by atoms with Gasteiger partial charge in [0.1, 0.15) is 24.0 Å². The molecule has 6 atom stereocenters. The highest BCUT2D eigenvalue weighted by Crippen LogP contribution is 2.44. The minimum Gasteiger partial charge on any atom is -0.488 e. The molecule has 2 saturated heterocycles. The lowest BCUT2D eigenvalue weighted by atomic mass is 9.92. The summed E-state index contributed by atoms with van der Waals surface area (Å²) in [6, 6.07) is 14.0. The summed E-state index contributed by atoms with van der Waals surface area (Å²) in [5, 5.41) is 10.6. The fraction of sp³-hybridized carbons (Fsp3) is 0.465. The molecule has 5 aromatic rings. The third kappa shape index (κ3) is 6.48. The average Bonchev–Trinajstić information content (AvgIpc) is 4.01. The molecule has 55 heavy (non-hydrogen) atoms. The predicted octanol–water partition coefficient (Wildman–Crippen LogP) is 7.30. The summed E-state index contributed by atoms with van der Waals surface area (Å²) >= 11 is 0. The van der Waals surface area contributed by atoms with Gasteiger partial charge in [0.25, 0.3) is 5.91 Å². The highest BCUT2D eigenvalue weighted by Gasteiger charge is 2.41. The first-order chi connectivity index (χ1) is 26.5. The van der Waals surface area contributed by atoms with Gasteiger partial charge in [-0.3, -0.25) is 15.0 Å². The SMILES string of the molecule is CC[C@H](C)C(=N)C(=O)N1CC(COC)C[C@H]1c1nc2c(ccc3cc4c(cc32)OCc2cc(-c3cnc([C@@H]5CC[C@H](C)N5C(=O)[C@@H](N)C(C)C)[nH]3)ccc2-4)[nH]1. The Bertz CT molecular complexity index is 2290. The molecule has 8 rings (SSSR count). The van der Waals surface area contributed by atoms with E-state index in [1.54, 1.807) is 7.11 Å². The van der Waals surface area contributed by atoms with E-state index in [9.17, 15) is 9.59 Å². The molecule has 288 valence electrons. The molecular weight excluding hydrogens is 693 g/mol. The number of ether oxygens (including phenoxy) is 2. The number of nitrogens with one attached hydrogen (secondary N) is 3. The molecule has 0 aliphatic carbocycles. The number of carbonyl (C=O) groups excluding carboxylic acids is 2. The van der Waals surface area contributed by atoms with Crippen LogP contribution in [-0.2, 0) is 20.9 Å². The second-order valence-corrected chi connectivity index (χ2v) is 16.2. The Morgan fingerprint density at radius 3 is 2.64 bits per heavy atom. The van der Waals surface area contributed by atoms with Gasteiger partial charge in [-0.25, -0.2) is 9.97 Å². The van der Waals surface area contributed by atoms with Crippen LogP contribution >= 0.6 is 0 Å². The number of likely N-dealkylation sites (tertiary alicyclic amines) is 2. The molecule has 2 amide bonds. The van der Waals surface area contributed by atoms with Crippen molar-refractivity contribution in [2.45, 2.75) is 91.1 Å². The number of imidazole rings is 2. The lowest BCUT2D eigenvalue weighted by Crippen LogP contribution is -2.48. The van der Waals surface area contributed by atoms with E-state index in [-0.39, 0.29) is 53.4 Å². The van der Waals surface area contributed by atoms with E-state index in [0.717, 1.165) is 86.4 Å². The molecule has 2 aromatic heterocycles. The number of fused-ring (bicyclic) bond motifs is 6. The number of rotatable bonds is 10. The number of amides is 2. The topological polar surface area (TPSA) is 166 Å². The number of benzene rings is 3. The van der Waals surface area contributed by atoms with Gasteiger partial charge < -0.3 is 35.0 Å². The van der Waals surface area contributed by atoms with Gasteiger partial charge in [0.2, 0.25) is 5.91 Å². The number of hydrogen-bond donors (Lipinski definition) is 4. The van der Waals surface area contributed by atoms with E-state index in [2.05, 4.69) is 59.4 Å². The molecule has 0 saturated carbocycles. The summed E-state index contributed by atoms with van der Waals surface area (Å²) in [7, 11) is 1.68. The van der Waals surface area contributed by atoms with E-state index in [1.807, 2.05) is 43.7 Å². The van der Waals surface area contributed by atoms with Crippen molar-refractivity contribution >= 4 is 39.3 Å². The van der Waals surface area contributed by atoms with Gasteiger partial charge >= 0.3 is 0 Å². The second kappa shape index (κ2) is 14.5. The molecule has 3 aliphatic heterocycles. The van der Waals surface area contributed by atoms with Crippen molar-refractivity contribution in [1.82, 2.24) is 29.7 Å².